The van der Waals surface area contributed by atoms with Crippen molar-refractivity contribution < 1.29 is 28.9 Å². The largest absolute Gasteiger partial charge is 0.497 e. The average molecular weight is 1050 g/mol. The van der Waals surface area contributed by atoms with Gasteiger partial charge in [0.1, 0.15) is 17.3 Å². The number of carbonyl (C=O) groups excluding carboxylic acids is 1. The van der Waals surface area contributed by atoms with Gasteiger partial charge in [0, 0.05) is 55.0 Å². The Balaban J connectivity index is 0.000000204. The molecular formula is C52H65Cl4FN6O5S. The number of aliphatic hydroxyl groups excluding tert-OH is 2. The number of nitrogens with zero attached hydrogens (tertiary/aromatic N) is 4. The SMILES string of the molecule is COc1ccc(C2CCN(CC(O)C3CCN(C(=O)Nc4cc(Cl)c(Cl)cc4F)CC3)CC2)cc1.COc1ccc(C2CCN(CC(O)C3CCN(C(=S)Nc4cc(Cl)cc(Cl)c4)CC3)CC2)cc1. The van der Waals surface area contributed by atoms with E-state index in [1.807, 2.05) is 36.4 Å². The zero-order chi connectivity index (χ0) is 49.0. The van der Waals surface area contributed by atoms with Gasteiger partial charge in [0.05, 0.1) is 42.2 Å². The van der Waals surface area contributed by atoms with Crippen molar-refractivity contribution in [2.45, 2.75) is 75.4 Å². The van der Waals surface area contributed by atoms with E-state index >= 15 is 0 Å². The minimum atomic E-state index is -0.631. The van der Waals surface area contributed by atoms with Crippen molar-refractivity contribution >= 4 is 81.1 Å². The molecule has 374 valence electrons. The maximum Gasteiger partial charge on any atom is 0.321 e. The molecule has 8 rings (SSSR count). The Bertz CT molecular complexity index is 2270. The van der Waals surface area contributed by atoms with Crippen molar-refractivity contribution in [2.24, 2.45) is 11.8 Å². The lowest BCUT2D eigenvalue weighted by Crippen LogP contribution is -2.46. The van der Waals surface area contributed by atoms with E-state index < -0.39 is 11.9 Å². The number of amides is 2. The summed E-state index contributed by atoms with van der Waals surface area (Å²) in [6, 6.07) is 24.1. The molecule has 11 nitrogen and oxygen atoms in total. The predicted octanol–water partition coefficient (Wildman–Crippen LogP) is 11.3. The fraction of sp³-hybridized carbons (Fsp3) is 0.500. The van der Waals surface area contributed by atoms with Gasteiger partial charge in [0.25, 0.3) is 0 Å². The number of aliphatic hydroxyl groups is 2. The van der Waals surface area contributed by atoms with Crippen LogP contribution in [0.25, 0.3) is 0 Å². The number of halogens is 5. The Labute approximate surface area is 432 Å². The second-order valence-electron chi connectivity index (χ2n) is 18.7. The van der Waals surface area contributed by atoms with Crippen molar-refractivity contribution in [2.75, 3.05) is 90.3 Å². The second kappa shape index (κ2) is 25.7. The van der Waals surface area contributed by atoms with Crippen molar-refractivity contribution in [3.8, 4) is 11.5 Å². The van der Waals surface area contributed by atoms with Gasteiger partial charge in [-0.25, -0.2) is 9.18 Å². The van der Waals surface area contributed by atoms with E-state index in [1.54, 1.807) is 25.2 Å². The molecule has 4 aromatic rings. The summed E-state index contributed by atoms with van der Waals surface area (Å²) in [5, 5.41) is 29.7. The van der Waals surface area contributed by atoms with Gasteiger partial charge in [-0.1, -0.05) is 70.7 Å². The van der Waals surface area contributed by atoms with E-state index in [1.165, 1.54) is 17.2 Å². The topological polar surface area (TPSA) is 113 Å². The number of likely N-dealkylation sites (tertiary alicyclic amines) is 4. The smallest absolute Gasteiger partial charge is 0.321 e. The number of β-amino-alcohol motifs (C(OH)–C–C–N with tert-alkyl or cyclic N) is 2. The number of benzene rings is 4. The molecule has 4 heterocycles. The third kappa shape index (κ3) is 15.2. The molecular weight excluding hydrogens is 981 g/mol. The quantitative estimate of drug-likeness (QED) is 0.0808. The fourth-order valence-electron chi connectivity index (χ4n) is 10.1. The van der Waals surface area contributed by atoms with Crippen LogP contribution >= 0.6 is 58.6 Å². The first-order chi connectivity index (χ1) is 33.2. The molecule has 4 aliphatic rings. The molecule has 17 heteroatoms. The third-order valence-electron chi connectivity index (χ3n) is 14.3. The Morgan fingerprint density at radius 3 is 1.48 bits per heavy atom. The monoisotopic (exact) mass is 1040 g/mol. The molecule has 0 aromatic heterocycles. The number of methoxy groups -OCH3 is 2. The second-order valence-corrected chi connectivity index (χ2v) is 20.8. The summed E-state index contributed by atoms with van der Waals surface area (Å²) < 4.78 is 24.6. The number of anilines is 2. The van der Waals surface area contributed by atoms with E-state index in [-0.39, 0.29) is 33.8 Å². The van der Waals surface area contributed by atoms with Crippen LogP contribution in [-0.2, 0) is 0 Å². The van der Waals surface area contributed by atoms with E-state index in [0.29, 0.717) is 65.4 Å². The van der Waals surface area contributed by atoms with Gasteiger partial charge in [-0.15, -0.1) is 0 Å². The molecule has 2 atom stereocenters. The lowest BCUT2D eigenvalue weighted by atomic mass is 9.88. The molecule has 4 saturated heterocycles. The molecule has 2 unspecified atom stereocenters. The summed E-state index contributed by atoms with van der Waals surface area (Å²) in [6.07, 6.45) is 6.96. The summed E-state index contributed by atoms with van der Waals surface area (Å²) in [7, 11) is 3.38. The van der Waals surface area contributed by atoms with Gasteiger partial charge >= 0.3 is 6.03 Å². The molecule has 69 heavy (non-hydrogen) atoms. The molecule has 0 radical (unpaired) electrons. The molecule has 0 aliphatic carbocycles. The minimum absolute atomic E-state index is 0.00426. The van der Waals surface area contributed by atoms with Crippen LogP contribution in [0, 0.1) is 17.7 Å². The van der Waals surface area contributed by atoms with Crippen LogP contribution in [0.5, 0.6) is 11.5 Å². The van der Waals surface area contributed by atoms with E-state index in [2.05, 4.69) is 49.6 Å². The Hall–Kier alpha value is -3.63. The van der Waals surface area contributed by atoms with Gasteiger partial charge in [0.2, 0.25) is 0 Å². The summed E-state index contributed by atoms with van der Waals surface area (Å²) in [5.74, 6) is 2.72. The van der Waals surface area contributed by atoms with E-state index in [9.17, 15) is 19.4 Å². The average Bonchev–Trinajstić information content (AvgIpc) is 3.36. The van der Waals surface area contributed by atoms with Crippen molar-refractivity contribution in [1.29, 1.82) is 0 Å². The number of piperidine rings is 4. The number of ether oxygens (including phenoxy) is 2. The molecule has 4 fully saturated rings. The first kappa shape index (κ1) is 53.2. The third-order valence-corrected chi connectivity index (χ3v) is 15.9. The maximum absolute atomic E-state index is 14.1. The lowest BCUT2D eigenvalue weighted by Gasteiger charge is -2.38. The lowest BCUT2D eigenvalue weighted by molar-refractivity contribution is 0.0315. The standard InChI is InChI=1S/C26H32Cl2FN3O3.C26H33Cl2N3O2S/c1-35-20-4-2-17(3-5-20)18-6-10-31(11-7-18)16-25(33)19-8-12-32(13-9-19)26(34)30-24-15-22(28)21(27)14-23(24)29;1-33-24-4-2-18(3-5-24)19-6-10-30(11-7-19)17-25(32)20-8-12-31(13-9-20)26(34)29-23-15-21(27)14-22(28)16-23/h2-5,14-15,18-19,25,33H,6-13,16H2,1H3,(H,30,34);2-5,14-16,19-20,25,32H,6-13,17H2,1H3,(H,29,34). The Morgan fingerprint density at radius 1 is 0.623 bits per heavy atom. The number of hydrogen-bond acceptors (Lipinski definition) is 8. The predicted molar refractivity (Wildman–Crippen MR) is 282 cm³/mol. The van der Waals surface area contributed by atoms with Gasteiger partial charge < -0.3 is 49.9 Å². The Morgan fingerprint density at radius 2 is 1.04 bits per heavy atom. The van der Waals surface area contributed by atoms with Crippen LogP contribution < -0.4 is 20.1 Å². The zero-order valence-electron chi connectivity index (χ0n) is 39.4. The maximum atomic E-state index is 14.1. The zero-order valence-corrected chi connectivity index (χ0v) is 43.2. The van der Waals surface area contributed by atoms with Crippen LogP contribution in [-0.4, -0.2) is 133 Å². The molecule has 0 spiro atoms. The number of nitrogens with one attached hydrogen (secondary N) is 2. The van der Waals surface area contributed by atoms with Gasteiger partial charge in [-0.2, -0.15) is 0 Å². The number of urea groups is 1. The summed E-state index contributed by atoms with van der Waals surface area (Å²) >= 11 is 29.5. The molecule has 2 amide bonds. The molecule has 0 saturated carbocycles. The first-order valence-electron chi connectivity index (χ1n) is 24.1. The van der Waals surface area contributed by atoms with Gasteiger partial charge in [-0.05, 0) is 179 Å². The molecule has 4 N–H and O–H groups in total. The van der Waals surface area contributed by atoms with Crippen molar-refractivity contribution in [1.82, 2.24) is 19.6 Å². The molecule has 4 aliphatic heterocycles. The minimum Gasteiger partial charge on any atom is -0.497 e. The van der Waals surface area contributed by atoms with Crippen LogP contribution in [0.1, 0.15) is 74.3 Å². The Kier molecular flexibility index (Phi) is 19.8. The van der Waals surface area contributed by atoms with Crippen molar-refractivity contribution in [3.05, 3.63) is 116 Å². The number of rotatable bonds is 12. The number of thiocarbonyl (C=S) groups is 1. The van der Waals surface area contributed by atoms with Crippen molar-refractivity contribution in [3.63, 3.8) is 0 Å². The summed E-state index contributed by atoms with van der Waals surface area (Å²) in [4.78, 5) is 21.2. The highest BCUT2D eigenvalue weighted by molar-refractivity contribution is 7.80. The van der Waals surface area contributed by atoms with E-state index in [0.717, 1.165) is 108 Å². The number of hydrogen-bond donors (Lipinski definition) is 4. The normalized spacial score (nSPS) is 19.0. The highest BCUT2D eigenvalue weighted by atomic mass is 35.5. The first-order valence-corrected chi connectivity index (χ1v) is 26.0. The summed E-state index contributed by atoms with van der Waals surface area (Å²) in [5.41, 5.74) is 3.53. The van der Waals surface area contributed by atoms with Crippen LogP contribution in [0.15, 0.2) is 78.9 Å². The van der Waals surface area contributed by atoms with Crippen LogP contribution in [0.2, 0.25) is 20.1 Å². The molecule has 0 bridgehead atoms. The summed E-state index contributed by atoms with van der Waals surface area (Å²) in [6.45, 7) is 8.08. The molecule has 4 aromatic carbocycles. The van der Waals surface area contributed by atoms with Crippen LogP contribution in [0.3, 0.4) is 0 Å². The highest BCUT2D eigenvalue weighted by Gasteiger charge is 2.32. The van der Waals surface area contributed by atoms with E-state index in [4.69, 9.17) is 68.1 Å². The fourth-order valence-corrected chi connectivity index (χ4v) is 11.2. The number of carbonyl (C=O) groups is 1. The highest BCUT2D eigenvalue weighted by Crippen LogP contribution is 2.33. The van der Waals surface area contributed by atoms with Gasteiger partial charge in [-0.3, -0.25) is 0 Å². The van der Waals surface area contributed by atoms with Crippen LogP contribution in [0.4, 0.5) is 20.6 Å². The van der Waals surface area contributed by atoms with Gasteiger partial charge in [0.15, 0.2) is 5.11 Å².